The number of ether oxygens (including phenoxy) is 2. The maximum Gasteiger partial charge on any atom is 0.325 e. The van der Waals surface area contributed by atoms with Gasteiger partial charge in [-0.25, -0.2) is 9.78 Å². The number of anilines is 3. The first kappa shape index (κ1) is 21.0. The van der Waals surface area contributed by atoms with Crippen molar-refractivity contribution < 1.29 is 19.1 Å². The van der Waals surface area contributed by atoms with Crippen LogP contribution in [-0.2, 0) is 11.2 Å². The number of nitrogens with one attached hydrogen (secondary N) is 3. The summed E-state index contributed by atoms with van der Waals surface area (Å²) >= 11 is 7.20. The molecule has 31 heavy (non-hydrogen) atoms. The molecule has 1 aliphatic heterocycles. The van der Waals surface area contributed by atoms with E-state index < -0.39 is 6.03 Å². The molecule has 0 fully saturated rings. The number of halogens is 1. The Hall–Kier alpha value is -3.30. The summed E-state index contributed by atoms with van der Waals surface area (Å²) in [5.74, 6) is 1.15. The minimum absolute atomic E-state index is 0.141. The van der Waals surface area contributed by atoms with E-state index in [-0.39, 0.29) is 12.3 Å². The lowest BCUT2D eigenvalue weighted by Crippen LogP contribution is -2.19. The first-order valence-electron chi connectivity index (χ1n) is 9.53. The van der Waals surface area contributed by atoms with Gasteiger partial charge in [-0.2, -0.15) is 0 Å². The Balaban J connectivity index is 1.25. The fraction of sp³-hybridized carbons (Fsp3) is 0.190. The van der Waals surface area contributed by atoms with Crippen LogP contribution >= 0.6 is 22.9 Å². The quantitative estimate of drug-likeness (QED) is 0.493. The normalized spacial score (nSPS) is 12.2. The fourth-order valence-electron chi connectivity index (χ4n) is 2.89. The minimum Gasteiger partial charge on any atom is -0.486 e. The van der Waals surface area contributed by atoms with Crippen molar-refractivity contribution in [3.8, 4) is 11.5 Å². The number of aryl methyl sites for hydroxylation is 1. The first-order chi connectivity index (χ1) is 15.0. The molecule has 0 saturated heterocycles. The largest absolute Gasteiger partial charge is 0.486 e. The Morgan fingerprint density at radius 2 is 1.81 bits per heavy atom. The van der Waals surface area contributed by atoms with E-state index in [0.29, 0.717) is 52.7 Å². The third-order valence-electron chi connectivity index (χ3n) is 4.29. The van der Waals surface area contributed by atoms with Crippen molar-refractivity contribution >= 4 is 51.4 Å². The monoisotopic (exact) mass is 458 g/mol. The maximum atomic E-state index is 12.3. The average Bonchev–Trinajstić information content (AvgIpc) is 3.19. The molecule has 0 bridgehead atoms. The number of urea groups is 1. The summed E-state index contributed by atoms with van der Waals surface area (Å²) in [6.07, 6.45) is 0.705. The van der Waals surface area contributed by atoms with Gasteiger partial charge in [0.2, 0.25) is 5.91 Å². The van der Waals surface area contributed by atoms with Crippen molar-refractivity contribution in [2.75, 3.05) is 29.2 Å². The number of nitrogens with zero attached hydrogens (tertiary/aromatic N) is 1. The highest BCUT2D eigenvalue weighted by Crippen LogP contribution is 2.32. The Morgan fingerprint density at radius 3 is 2.65 bits per heavy atom. The molecule has 4 rings (SSSR count). The Morgan fingerprint density at radius 1 is 1.00 bits per heavy atom. The number of benzene rings is 2. The van der Waals surface area contributed by atoms with Crippen molar-refractivity contribution in [3.63, 3.8) is 0 Å². The van der Waals surface area contributed by atoms with E-state index in [1.54, 1.807) is 42.5 Å². The van der Waals surface area contributed by atoms with Gasteiger partial charge in [0, 0.05) is 34.3 Å². The molecule has 10 heteroatoms. The number of rotatable bonds is 6. The van der Waals surface area contributed by atoms with Crippen LogP contribution in [0.4, 0.5) is 21.3 Å². The van der Waals surface area contributed by atoms with Crippen molar-refractivity contribution in [1.82, 2.24) is 4.98 Å². The molecule has 0 unspecified atom stereocenters. The van der Waals surface area contributed by atoms with E-state index in [4.69, 9.17) is 21.1 Å². The second-order valence-corrected chi connectivity index (χ2v) is 7.93. The van der Waals surface area contributed by atoms with Crippen LogP contribution in [0.1, 0.15) is 12.1 Å². The lowest BCUT2D eigenvalue weighted by atomic mass is 10.2. The SMILES string of the molecule is O=C(CCc1csc(NC(=O)Nc2cccc(Cl)c2)n1)Nc1ccc2c(c1)OCCO2. The molecule has 0 radical (unpaired) electrons. The zero-order valence-electron chi connectivity index (χ0n) is 16.3. The summed E-state index contributed by atoms with van der Waals surface area (Å²) in [5, 5.41) is 11.0. The molecule has 3 N–H and O–H groups in total. The van der Waals surface area contributed by atoms with Gasteiger partial charge in [-0.05, 0) is 36.8 Å². The number of hydrogen-bond donors (Lipinski definition) is 3. The standard InChI is InChI=1S/C21H19ClN4O4S/c22-13-2-1-3-14(10-13)24-20(28)26-21-25-16(12-31-21)5-7-19(27)23-15-4-6-17-18(11-15)30-9-8-29-17/h1-4,6,10-12H,5,7-9H2,(H,23,27)(H2,24,25,26,28). The van der Waals surface area contributed by atoms with Crippen LogP contribution < -0.4 is 25.4 Å². The van der Waals surface area contributed by atoms with Crippen molar-refractivity contribution in [3.05, 3.63) is 58.6 Å². The third-order valence-corrected chi connectivity index (χ3v) is 5.33. The van der Waals surface area contributed by atoms with Gasteiger partial charge in [0.1, 0.15) is 13.2 Å². The fourth-order valence-corrected chi connectivity index (χ4v) is 3.82. The van der Waals surface area contributed by atoms with Crippen LogP contribution in [0.2, 0.25) is 5.02 Å². The number of fused-ring (bicyclic) bond motifs is 1. The number of amides is 3. The lowest BCUT2D eigenvalue weighted by molar-refractivity contribution is -0.116. The summed E-state index contributed by atoms with van der Waals surface area (Å²) in [7, 11) is 0. The van der Waals surface area contributed by atoms with E-state index in [2.05, 4.69) is 20.9 Å². The van der Waals surface area contributed by atoms with Crippen LogP contribution in [-0.4, -0.2) is 30.1 Å². The van der Waals surface area contributed by atoms with Gasteiger partial charge in [-0.3, -0.25) is 10.1 Å². The van der Waals surface area contributed by atoms with Gasteiger partial charge in [0.25, 0.3) is 0 Å². The van der Waals surface area contributed by atoms with Gasteiger partial charge in [0.05, 0.1) is 5.69 Å². The van der Waals surface area contributed by atoms with Crippen LogP contribution in [0, 0.1) is 0 Å². The van der Waals surface area contributed by atoms with Gasteiger partial charge < -0.3 is 20.1 Å². The molecular formula is C21H19ClN4O4S. The predicted octanol–water partition coefficient (Wildman–Crippen LogP) is 4.78. The molecule has 8 nitrogen and oxygen atoms in total. The second-order valence-electron chi connectivity index (χ2n) is 6.64. The first-order valence-corrected chi connectivity index (χ1v) is 10.8. The molecule has 2 heterocycles. The van der Waals surface area contributed by atoms with Crippen molar-refractivity contribution in [1.29, 1.82) is 0 Å². The molecule has 1 aromatic heterocycles. The van der Waals surface area contributed by atoms with E-state index >= 15 is 0 Å². The van der Waals surface area contributed by atoms with Gasteiger partial charge >= 0.3 is 6.03 Å². The number of hydrogen-bond acceptors (Lipinski definition) is 6. The minimum atomic E-state index is -0.417. The molecular weight excluding hydrogens is 440 g/mol. The summed E-state index contributed by atoms with van der Waals surface area (Å²) in [6.45, 7) is 1.01. The number of thiazole rings is 1. The summed E-state index contributed by atoms with van der Waals surface area (Å²) in [4.78, 5) is 28.7. The van der Waals surface area contributed by atoms with E-state index in [9.17, 15) is 9.59 Å². The second kappa shape index (κ2) is 9.67. The third kappa shape index (κ3) is 5.87. The molecule has 160 valence electrons. The van der Waals surface area contributed by atoms with Gasteiger partial charge in [-0.15, -0.1) is 11.3 Å². The van der Waals surface area contributed by atoms with Crippen LogP contribution in [0.15, 0.2) is 47.8 Å². The predicted molar refractivity (Wildman–Crippen MR) is 121 cm³/mol. The van der Waals surface area contributed by atoms with Gasteiger partial charge in [-0.1, -0.05) is 17.7 Å². The zero-order valence-corrected chi connectivity index (χ0v) is 17.9. The molecule has 0 aliphatic carbocycles. The van der Waals surface area contributed by atoms with E-state index in [1.807, 2.05) is 5.38 Å². The topological polar surface area (TPSA) is 102 Å². The molecule has 1 aliphatic rings. The molecule has 3 amide bonds. The van der Waals surface area contributed by atoms with E-state index in [1.165, 1.54) is 11.3 Å². The molecule has 3 aromatic rings. The van der Waals surface area contributed by atoms with Crippen molar-refractivity contribution in [2.24, 2.45) is 0 Å². The Kier molecular flexibility index (Phi) is 6.54. The summed E-state index contributed by atoms with van der Waals surface area (Å²) in [5.41, 5.74) is 1.95. The highest BCUT2D eigenvalue weighted by atomic mass is 35.5. The average molecular weight is 459 g/mol. The van der Waals surface area contributed by atoms with Crippen LogP contribution in [0.5, 0.6) is 11.5 Å². The highest BCUT2D eigenvalue weighted by Gasteiger charge is 2.13. The molecule has 2 aromatic carbocycles. The maximum absolute atomic E-state index is 12.3. The molecule has 0 spiro atoms. The highest BCUT2D eigenvalue weighted by molar-refractivity contribution is 7.13. The Bertz CT molecular complexity index is 1100. The van der Waals surface area contributed by atoms with Crippen LogP contribution in [0.25, 0.3) is 0 Å². The van der Waals surface area contributed by atoms with Crippen LogP contribution in [0.3, 0.4) is 0 Å². The Labute approximate surface area is 187 Å². The lowest BCUT2D eigenvalue weighted by Gasteiger charge is -2.19. The summed E-state index contributed by atoms with van der Waals surface area (Å²) in [6, 6.07) is 11.7. The molecule has 0 atom stereocenters. The smallest absolute Gasteiger partial charge is 0.325 e. The number of carbonyl (C=O) groups excluding carboxylic acids is 2. The number of carbonyl (C=O) groups is 2. The molecule has 0 saturated carbocycles. The van der Waals surface area contributed by atoms with E-state index in [0.717, 1.165) is 5.69 Å². The zero-order chi connectivity index (χ0) is 21.6. The summed E-state index contributed by atoms with van der Waals surface area (Å²) < 4.78 is 11.0. The number of aromatic nitrogens is 1. The van der Waals surface area contributed by atoms with Gasteiger partial charge in [0.15, 0.2) is 16.6 Å². The van der Waals surface area contributed by atoms with Crippen molar-refractivity contribution in [2.45, 2.75) is 12.8 Å².